The maximum Gasteiger partial charge on any atom is 0.122 e. The molecule has 1 aromatic heterocycles. The molecule has 0 radical (unpaired) electrons. The van der Waals surface area contributed by atoms with E-state index in [9.17, 15) is 0 Å². The molecule has 4 heteroatoms. The Hall–Kier alpha value is 0.0700. The third-order valence-corrected chi connectivity index (χ3v) is 2.58. The van der Waals surface area contributed by atoms with E-state index >= 15 is 0 Å². The number of rotatable bonds is 1. The summed E-state index contributed by atoms with van der Waals surface area (Å²) >= 11 is 4.64. The second kappa shape index (κ2) is 2.77. The van der Waals surface area contributed by atoms with Gasteiger partial charge in [0.05, 0.1) is 0 Å². The van der Waals surface area contributed by atoms with Crippen LogP contribution in [-0.4, -0.2) is 10.1 Å². The minimum Gasteiger partial charge on any atom is -0.386 e. The number of aliphatic hydroxyl groups is 1. The summed E-state index contributed by atoms with van der Waals surface area (Å²) < 4.78 is 0.795. The summed E-state index contributed by atoms with van der Waals surface area (Å²) in [6.07, 6.45) is -0.443. The van der Waals surface area contributed by atoms with E-state index in [0.717, 1.165) is 9.61 Å². The Morgan fingerprint density at radius 2 is 2.56 bits per heavy atom. The average molecular weight is 208 g/mol. The number of halogens is 1. The molecular formula is C5H6BrNOS. The van der Waals surface area contributed by atoms with Crippen molar-refractivity contribution < 1.29 is 5.11 Å². The Balaban J connectivity index is 2.85. The van der Waals surface area contributed by atoms with E-state index in [0.29, 0.717) is 0 Å². The Kier molecular flexibility index (Phi) is 2.21. The summed E-state index contributed by atoms with van der Waals surface area (Å²) in [5.41, 5.74) is 0. The van der Waals surface area contributed by atoms with Crippen LogP contribution in [0, 0.1) is 0 Å². The first-order chi connectivity index (χ1) is 4.20. The van der Waals surface area contributed by atoms with E-state index in [1.807, 2.05) is 5.38 Å². The number of nitrogens with zero attached hydrogens (tertiary/aromatic N) is 1. The molecule has 1 heterocycles. The molecule has 1 N–H and O–H groups in total. The van der Waals surface area contributed by atoms with Gasteiger partial charge in [0, 0.05) is 5.38 Å². The molecule has 1 aromatic rings. The van der Waals surface area contributed by atoms with Gasteiger partial charge >= 0.3 is 0 Å². The zero-order chi connectivity index (χ0) is 6.85. The van der Waals surface area contributed by atoms with Crippen molar-refractivity contribution in [3.63, 3.8) is 0 Å². The summed E-state index contributed by atoms with van der Waals surface area (Å²) in [6.45, 7) is 1.70. The van der Waals surface area contributed by atoms with Crippen molar-refractivity contribution in [3.05, 3.63) is 15.0 Å². The lowest BCUT2D eigenvalue weighted by atomic mass is 10.4. The Bertz CT molecular complexity index is 199. The molecule has 0 saturated carbocycles. The maximum absolute atomic E-state index is 8.96. The topological polar surface area (TPSA) is 33.1 Å². The molecule has 0 aliphatic carbocycles. The summed E-state index contributed by atoms with van der Waals surface area (Å²) in [6, 6.07) is 0. The van der Waals surface area contributed by atoms with Gasteiger partial charge in [-0.3, -0.25) is 0 Å². The van der Waals surface area contributed by atoms with Crippen LogP contribution in [-0.2, 0) is 0 Å². The highest BCUT2D eigenvalue weighted by molar-refractivity contribution is 9.10. The standard InChI is InChI=1S/C5H6BrNOS/c1-3(8)5-7-4(6)2-9-5/h2-3,8H,1H3. The Morgan fingerprint density at radius 1 is 1.89 bits per heavy atom. The molecule has 2 nitrogen and oxygen atoms in total. The molecule has 0 fully saturated rings. The molecule has 0 spiro atoms. The first kappa shape index (κ1) is 7.18. The van der Waals surface area contributed by atoms with E-state index in [1.165, 1.54) is 11.3 Å². The quantitative estimate of drug-likeness (QED) is 0.765. The molecular weight excluding hydrogens is 202 g/mol. The highest BCUT2D eigenvalue weighted by Gasteiger charge is 2.03. The predicted molar refractivity (Wildman–Crippen MR) is 40.4 cm³/mol. The van der Waals surface area contributed by atoms with Gasteiger partial charge in [-0.25, -0.2) is 4.98 Å². The van der Waals surface area contributed by atoms with Crippen LogP contribution in [0.2, 0.25) is 0 Å². The maximum atomic E-state index is 8.96. The second-order valence-corrected chi connectivity index (χ2v) is 3.39. The number of aromatic nitrogens is 1. The monoisotopic (exact) mass is 207 g/mol. The first-order valence-electron chi connectivity index (χ1n) is 2.49. The molecule has 1 atom stereocenters. The fourth-order valence-electron chi connectivity index (χ4n) is 0.459. The van der Waals surface area contributed by atoms with Gasteiger partial charge in [0.1, 0.15) is 15.7 Å². The number of thiazole rings is 1. The number of hydrogen-bond donors (Lipinski definition) is 1. The van der Waals surface area contributed by atoms with Crippen molar-refractivity contribution >= 4 is 27.3 Å². The zero-order valence-electron chi connectivity index (χ0n) is 4.84. The third-order valence-electron chi connectivity index (χ3n) is 0.851. The normalized spacial score (nSPS) is 13.7. The van der Waals surface area contributed by atoms with Crippen molar-refractivity contribution in [1.29, 1.82) is 0 Å². The molecule has 0 amide bonds. The van der Waals surface area contributed by atoms with E-state index < -0.39 is 6.10 Å². The average Bonchev–Trinajstić information content (AvgIpc) is 2.14. The zero-order valence-corrected chi connectivity index (χ0v) is 7.24. The number of aliphatic hydroxyl groups excluding tert-OH is 1. The van der Waals surface area contributed by atoms with Gasteiger partial charge in [-0.2, -0.15) is 0 Å². The van der Waals surface area contributed by atoms with Crippen LogP contribution in [0.1, 0.15) is 18.0 Å². The molecule has 50 valence electrons. The largest absolute Gasteiger partial charge is 0.386 e. The van der Waals surface area contributed by atoms with Gasteiger partial charge in [-0.05, 0) is 22.9 Å². The molecule has 0 aliphatic rings. The van der Waals surface area contributed by atoms with Crippen molar-refractivity contribution in [2.45, 2.75) is 13.0 Å². The molecule has 0 aliphatic heterocycles. The van der Waals surface area contributed by atoms with Crippen LogP contribution in [0.15, 0.2) is 9.98 Å². The molecule has 1 unspecified atom stereocenters. The lowest BCUT2D eigenvalue weighted by molar-refractivity contribution is 0.198. The second-order valence-electron chi connectivity index (χ2n) is 1.68. The fourth-order valence-corrected chi connectivity index (χ4v) is 1.67. The van der Waals surface area contributed by atoms with Gasteiger partial charge < -0.3 is 5.11 Å². The lowest BCUT2D eigenvalue weighted by Gasteiger charge is -1.93. The van der Waals surface area contributed by atoms with Crippen LogP contribution in [0.25, 0.3) is 0 Å². The molecule has 9 heavy (non-hydrogen) atoms. The van der Waals surface area contributed by atoms with Crippen LogP contribution in [0.4, 0.5) is 0 Å². The van der Waals surface area contributed by atoms with Gasteiger partial charge in [0.2, 0.25) is 0 Å². The highest BCUT2D eigenvalue weighted by Crippen LogP contribution is 2.20. The van der Waals surface area contributed by atoms with Crippen LogP contribution in [0.5, 0.6) is 0 Å². The van der Waals surface area contributed by atoms with Gasteiger partial charge in [0.15, 0.2) is 0 Å². The summed E-state index contributed by atoms with van der Waals surface area (Å²) in [7, 11) is 0. The molecule has 0 saturated heterocycles. The lowest BCUT2D eigenvalue weighted by Crippen LogP contribution is -1.87. The van der Waals surface area contributed by atoms with Crippen LogP contribution < -0.4 is 0 Å². The van der Waals surface area contributed by atoms with Gasteiger partial charge in [-0.1, -0.05) is 0 Å². The van der Waals surface area contributed by atoms with Crippen molar-refractivity contribution in [2.24, 2.45) is 0 Å². The van der Waals surface area contributed by atoms with Crippen LogP contribution >= 0.6 is 27.3 Å². The minimum absolute atomic E-state index is 0.443. The van der Waals surface area contributed by atoms with Gasteiger partial charge in [-0.15, -0.1) is 11.3 Å². The summed E-state index contributed by atoms with van der Waals surface area (Å²) in [4.78, 5) is 4.00. The minimum atomic E-state index is -0.443. The molecule has 0 aromatic carbocycles. The Labute approximate surface area is 65.7 Å². The number of hydrogen-bond acceptors (Lipinski definition) is 3. The van der Waals surface area contributed by atoms with Gasteiger partial charge in [0.25, 0.3) is 0 Å². The molecule has 1 rings (SSSR count). The van der Waals surface area contributed by atoms with E-state index in [4.69, 9.17) is 5.11 Å². The van der Waals surface area contributed by atoms with Crippen LogP contribution in [0.3, 0.4) is 0 Å². The van der Waals surface area contributed by atoms with Crippen molar-refractivity contribution in [1.82, 2.24) is 4.98 Å². The summed E-state index contributed by atoms with van der Waals surface area (Å²) in [5, 5.41) is 11.6. The Morgan fingerprint density at radius 3 is 2.78 bits per heavy atom. The smallest absolute Gasteiger partial charge is 0.122 e. The summed E-state index contributed by atoms with van der Waals surface area (Å²) in [5.74, 6) is 0. The van der Waals surface area contributed by atoms with Crippen molar-refractivity contribution in [2.75, 3.05) is 0 Å². The molecule has 0 bridgehead atoms. The SMILES string of the molecule is CC(O)c1nc(Br)cs1. The van der Waals surface area contributed by atoms with Crippen molar-refractivity contribution in [3.8, 4) is 0 Å². The first-order valence-corrected chi connectivity index (χ1v) is 4.16. The predicted octanol–water partition coefficient (Wildman–Crippen LogP) is 1.96. The highest BCUT2D eigenvalue weighted by atomic mass is 79.9. The fraction of sp³-hybridized carbons (Fsp3) is 0.400. The van der Waals surface area contributed by atoms with E-state index in [-0.39, 0.29) is 0 Å². The third kappa shape index (κ3) is 1.74. The van der Waals surface area contributed by atoms with E-state index in [1.54, 1.807) is 6.92 Å². The van der Waals surface area contributed by atoms with E-state index in [2.05, 4.69) is 20.9 Å².